The maximum atomic E-state index is 6.42. The standard InChI is InChI=1S/C35H29N3O/c1-22-17-19-26-25-13-10-14-27(32(25)39-34(26)36-22)33-37-29-15-8-9-16-31(29)38(33)30-20-18-24(35(2,3)4)21-28(30)23-11-6-5-7-12-23/h5-21H,1-4H3. The average Bonchev–Trinajstić information content (AvgIpc) is 3.50. The van der Waals surface area contributed by atoms with E-state index in [-0.39, 0.29) is 5.41 Å². The summed E-state index contributed by atoms with van der Waals surface area (Å²) in [5.74, 6) is 0.846. The number of nitrogens with zero attached hydrogens (tertiary/aromatic N) is 3. The van der Waals surface area contributed by atoms with Crippen LogP contribution >= 0.6 is 0 Å². The maximum Gasteiger partial charge on any atom is 0.227 e. The third kappa shape index (κ3) is 3.83. The Hall–Kier alpha value is -4.70. The molecule has 0 N–H and O–H groups in total. The van der Waals surface area contributed by atoms with E-state index in [1.54, 1.807) is 0 Å². The quantitative estimate of drug-likeness (QED) is 0.239. The number of rotatable bonds is 3. The number of imidazole rings is 1. The van der Waals surface area contributed by atoms with Crippen molar-refractivity contribution in [3.8, 4) is 28.2 Å². The van der Waals surface area contributed by atoms with Crippen molar-refractivity contribution in [2.24, 2.45) is 0 Å². The Morgan fingerprint density at radius 2 is 1.49 bits per heavy atom. The molecule has 190 valence electrons. The van der Waals surface area contributed by atoms with Crippen molar-refractivity contribution in [2.75, 3.05) is 0 Å². The molecule has 4 aromatic carbocycles. The van der Waals surface area contributed by atoms with E-state index in [4.69, 9.17) is 9.40 Å². The van der Waals surface area contributed by atoms with Gasteiger partial charge in [0.1, 0.15) is 11.4 Å². The number of aromatic nitrogens is 3. The van der Waals surface area contributed by atoms with Gasteiger partial charge in [-0.2, -0.15) is 0 Å². The molecule has 0 fully saturated rings. The molecule has 4 nitrogen and oxygen atoms in total. The Bertz CT molecular complexity index is 2010. The largest absolute Gasteiger partial charge is 0.437 e. The lowest BCUT2D eigenvalue weighted by atomic mass is 9.85. The zero-order valence-corrected chi connectivity index (χ0v) is 22.6. The highest BCUT2D eigenvalue weighted by Gasteiger charge is 2.23. The third-order valence-corrected chi connectivity index (χ3v) is 7.49. The smallest absolute Gasteiger partial charge is 0.227 e. The Kier molecular flexibility index (Phi) is 5.21. The van der Waals surface area contributed by atoms with Gasteiger partial charge in [0, 0.05) is 22.0 Å². The van der Waals surface area contributed by atoms with Crippen LogP contribution in [0.25, 0.3) is 61.3 Å². The van der Waals surface area contributed by atoms with Crippen LogP contribution in [0.3, 0.4) is 0 Å². The van der Waals surface area contributed by atoms with Crippen LogP contribution in [0.2, 0.25) is 0 Å². The fourth-order valence-corrected chi connectivity index (χ4v) is 5.44. The Labute approximate surface area is 227 Å². The third-order valence-electron chi connectivity index (χ3n) is 7.49. The second-order valence-corrected chi connectivity index (χ2v) is 11.2. The molecule has 0 radical (unpaired) electrons. The zero-order chi connectivity index (χ0) is 26.7. The van der Waals surface area contributed by atoms with Crippen LogP contribution in [0.1, 0.15) is 32.0 Å². The number of hydrogen-bond donors (Lipinski definition) is 0. The lowest BCUT2D eigenvalue weighted by Crippen LogP contribution is -2.12. The van der Waals surface area contributed by atoms with E-state index in [1.807, 2.05) is 19.1 Å². The maximum absolute atomic E-state index is 6.42. The molecule has 0 aliphatic carbocycles. The van der Waals surface area contributed by atoms with Gasteiger partial charge in [-0.15, -0.1) is 0 Å². The zero-order valence-electron chi connectivity index (χ0n) is 22.6. The predicted octanol–water partition coefficient (Wildman–Crippen LogP) is 9.26. The normalized spacial score (nSPS) is 12.1. The van der Waals surface area contributed by atoms with E-state index in [1.165, 1.54) is 16.7 Å². The van der Waals surface area contributed by atoms with Crippen LogP contribution in [-0.2, 0) is 5.41 Å². The highest BCUT2D eigenvalue weighted by Crippen LogP contribution is 2.40. The number of benzene rings is 4. The van der Waals surface area contributed by atoms with E-state index < -0.39 is 0 Å². The lowest BCUT2D eigenvalue weighted by Gasteiger charge is -2.23. The van der Waals surface area contributed by atoms with Gasteiger partial charge in [0.2, 0.25) is 5.71 Å². The highest BCUT2D eigenvalue weighted by atomic mass is 16.3. The van der Waals surface area contributed by atoms with Crippen LogP contribution in [0.4, 0.5) is 0 Å². The second kappa shape index (κ2) is 8.67. The van der Waals surface area contributed by atoms with Crippen LogP contribution in [0.5, 0.6) is 0 Å². The number of para-hydroxylation sites is 3. The molecule has 3 heterocycles. The van der Waals surface area contributed by atoms with Crippen LogP contribution in [0.15, 0.2) is 108 Å². The van der Waals surface area contributed by atoms with Crippen LogP contribution in [0, 0.1) is 6.92 Å². The fourth-order valence-electron chi connectivity index (χ4n) is 5.44. The number of furan rings is 1. The molecule has 39 heavy (non-hydrogen) atoms. The summed E-state index contributed by atoms with van der Waals surface area (Å²) in [7, 11) is 0. The van der Waals surface area contributed by atoms with Gasteiger partial charge in [0.25, 0.3) is 0 Å². The van der Waals surface area contributed by atoms with E-state index in [2.05, 4.69) is 121 Å². The monoisotopic (exact) mass is 507 g/mol. The molecule has 7 rings (SSSR count). The number of hydrogen-bond acceptors (Lipinski definition) is 3. The van der Waals surface area contributed by atoms with Crippen molar-refractivity contribution >= 4 is 33.1 Å². The SMILES string of the molecule is Cc1ccc2c(n1)oc1c(-c3nc4ccccc4n3-c3ccc(C(C)(C)C)cc3-c3ccccc3)cccc12. The molecule has 0 aliphatic rings. The first-order valence-electron chi connectivity index (χ1n) is 13.4. The predicted molar refractivity (Wildman–Crippen MR) is 160 cm³/mol. The molecule has 7 aromatic rings. The van der Waals surface area contributed by atoms with Gasteiger partial charge in [0.15, 0.2) is 0 Å². The summed E-state index contributed by atoms with van der Waals surface area (Å²) in [4.78, 5) is 9.85. The van der Waals surface area contributed by atoms with Crippen molar-refractivity contribution in [3.63, 3.8) is 0 Å². The summed E-state index contributed by atoms with van der Waals surface area (Å²) in [6, 6.07) is 36.2. The molecule has 0 atom stereocenters. The van der Waals surface area contributed by atoms with Crippen molar-refractivity contribution in [1.29, 1.82) is 0 Å². The van der Waals surface area contributed by atoms with E-state index in [0.717, 1.165) is 50.2 Å². The Morgan fingerprint density at radius 3 is 2.31 bits per heavy atom. The highest BCUT2D eigenvalue weighted by molar-refractivity contribution is 6.08. The summed E-state index contributed by atoms with van der Waals surface area (Å²) in [6.07, 6.45) is 0. The Balaban J connectivity index is 1.57. The minimum atomic E-state index is 0.0207. The fraction of sp³-hybridized carbons (Fsp3) is 0.143. The topological polar surface area (TPSA) is 43.9 Å². The number of aryl methyl sites for hydroxylation is 1. The summed E-state index contributed by atoms with van der Waals surface area (Å²) >= 11 is 0. The van der Waals surface area contributed by atoms with Crippen molar-refractivity contribution in [2.45, 2.75) is 33.1 Å². The van der Waals surface area contributed by atoms with E-state index in [0.29, 0.717) is 5.71 Å². The van der Waals surface area contributed by atoms with Gasteiger partial charge in [-0.1, -0.05) is 81.4 Å². The minimum Gasteiger partial charge on any atom is -0.437 e. The molecule has 0 saturated heterocycles. The molecular weight excluding hydrogens is 478 g/mol. The van der Waals surface area contributed by atoms with Gasteiger partial charge < -0.3 is 4.42 Å². The van der Waals surface area contributed by atoms with Gasteiger partial charge >= 0.3 is 0 Å². The van der Waals surface area contributed by atoms with Crippen LogP contribution < -0.4 is 0 Å². The van der Waals surface area contributed by atoms with Crippen molar-refractivity contribution in [3.05, 3.63) is 114 Å². The first-order chi connectivity index (χ1) is 18.9. The summed E-state index contributed by atoms with van der Waals surface area (Å²) in [5.41, 5.74) is 10.0. The van der Waals surface area contributed by atoms with Gasteiger partial charge in [0.05, 0.1) is 22.3 Å². The molecule has 4 heteroatoms. The van der Waals surface area contributed by atoms with Gasteiger partial charge in [-0.3, -0.25) is 4.57 Å². The minimum absolute atomic E-state index is 0.0207. The number of fused-ring (bicyclic) bond motifs is 4. The molecule has 3 aromatic heterocycles. The lowest BCUT2D eigenvalue weighted by molar-refractivity contribution is 0.590. The van der Waals surface area contributed by atoms with E-state index in [9.17, 15) is 0 Å². The molecular formula is C35H29N3O. The second-order valence-electron chi connectivity index (χ2n) is 11.2. The average molecular weight is 508 g/mol. The molecule has 0 amide bonds. The first-order valence-corrected chi connectivity index (χ1v) is 13.4. The molecule has 0 aliphatic heterocycles. The molecule has 0 unspecified atom stereocenters. The van der Waals surface area contributed by atoms with Crippen molar-refractivity contribution in [1.82, 2.24) is 14.5 Å². The number of pyridine rings is 1. The van der Waals surface area contributed by atoms with Gasteiger partial charge in [-0.25, -0.2) is 9.97 Å². The summed E-state index contributed by atoms with van der Waals surface area (Å²) < 4.78 is 8.70. The Morgan fingerprint density at radius 1 is 0.692 bits per heavy atom. The van der Waals surface area contributed by atoms with Gasteiger partial charge in [-0.05, 0) is 65.9 Å². The van der Waals surface area contributed by atoms with Crippen molar-refractivity contribution < 1.29 is 4.42 Å². The molecule has 0 bridgehead atoms. The summed E-state index contributed by atoms with van der Waals surface area (Å²) in [6.45, 7) is 8.76. The summed E-state index contributed by atoms with van der Waals surface area (Å²) in [5, 5.41) is 2.06. The first kappa shape index (κ1) is 23.4. The molecule has 0 saturated carbocycles. The van der Waals surface area contributed by atoms with E-state index >= 15 is 0 Å². The molecule has 0 spiro atoms. The van der Waals surface area contributed by atoms with Crippen LogP contribution in [-0.4, -0.2) is 14.5 Å².